The van der Waals surface area contributed by atoms with Crippen LogP contribution in [0.1, 0.15) is 31.0 Å². The van der Waals surface area contributed by atoms with Gasteiger partial charge in [0.1, 0.15) is 11.1 Å². The van der Waals surface area contributed by atoms with E-state index in [-0.39, 0.29) is 5.91 Å². The molecule has 0 aliphatic heterocycles. The SMILES string of the molecule is CCCc1ccc(C#N)c(SCCC(=O)Nc2ccc(Cl)c(Cl)c2)n1. The van der Waals surface area contributed by atoms with Crippen LogP contribution in [0.4, 0.5) is 5.69 Å². The standard InChI is InChI=1S/C18H17Cl2N3OS/c1-2-3-13-5-4-12(11-21)18(23-13)25-9-8-17(24)22-14-6-7-15(19)16(20)10-14/h4-7,10H,2-3,8-9H2,1H3,(H,22,24). The second-order valence-electron chi connectivity index (χ2n) is 5.29. The normalized spacial score (nSPS) is 10.3. The molecule has 0 aliphatic rings. The molecular formula is C18H17Cl2N3OS. The first-order valence-electron chi connectivity index (χ1n) is 7.81. The number of aryl methyl sites for hydroxylation is 1. The Morgan fingerprint density at radius 3 is 2.76 bits per heavy atom. The molecule has 1 heterocycles. The average Bonchev–Trinajstić information content (AvgIpc) is 2.59. The highest BCUT2D eigenvalue weighted by Gasteiger charge is 2.09. The third-order valence-corrected chi connectivity index (χ3v) is 5.05. The zero-order valence-electron chi connectivity index (χ0n) is 13.7. The molecular weight excluding hydrogens is 377 g/mol. The summed E-state index contributed by atoms with van der Waals surface area (Å²) in [5, 5.41) is 13.5. The largest absolute Gasteiger partial charge is 0.326 e. The predicted octanol–water partition coefficient (Wildman–Crippen LogP) is 5.33. The Kier molecular flexibility index (Phi) is 7.57. The molecule has 0 saturated carbocycles. The maximum atomic E-state index is 12.0. The molecule has 0 saturated heterocycles. The van der Waals surface area contributed by atoms with Crippen molar-refractivity contribution in [2.75, 3.05) is 11.1 Å². The van der Waals surface area contributed by atoms with Gasteiger partial charge in [-0.1, -0.05) is 36.5 Å². The van der Waals surface area contributed by atoms with Crippen molar-refractivity contribution in [2.24, 2.45) is 0 Å². The quantitative estimate of drug-likeness (QED) is 0.645. The van der Waals surface area contributed by atoms with Crippen molar-refractivity contribution in [1.29, 1.82) is 5.26 Å². The number of nitriles is 1. The molecule has 0 radical (unpaired) electrons. The number of nitrogens with zero attached hydrogens (tertiary/aromatic N) is 2. The van der Waals surface area contributed by atoms with Crippen molar-refractivity contribution >= 4 is 46.6 Å². The van der Waals surface area contributed by atoms with Crippen LogP contribution in [0, 0.1) is 11.3 Å². The first-order chi connectivity index (χ1) is 12.0. The topological polar surface area (TPSA) is 65.8 Å². The van der Waals surface area contributed by atoms with E-state index in [0.29, 0.717) is 38.5 Å². The Morgan fingerprint density at radius 2 is 2.08 bits per heavy atom. The number of carbonyl (C=O) groups excluding carboxylic acids is 1. The zero-order valence-corrected chi connectivity index (χ0v) is 16.0. The summed E-state index contributed by atoms with van der Waals surface area (Å²) in [6, 6.07) is 10.8. The number of halogens is 2. The Morgan fingerprint density at radius 1 is 1.28 bits per heavy atom. The summed E-state index contributed by atoms with van der Waals surface area (Å²) in [6.45, 7) is 2.08. The fourth-order valence-corrected chi connectivity index (χ4v) is 3.34. The van der Waals surface area contributed by atoms with Crippen LogP contribution in [-0.4, -0.2) is 16.6 Å². The minimum atomic E-state index is -0.130. The fourth-order valence-electron chi connectivity index (χ4n) is 2.11. The van der Waals surface area contributed by atoms with E-state index >= 15 is 0 Å². The summed E-state index contributed by atoms with van der Waals surface area (Å²) in [6.07, 6.45) is 2.17. The lowest BCUT2D eigenvalue weighted by Crippen LogP contribution is -2.12. The number of benzene rings is 1. The summed E-state index contributed by atoms with van der Waals surface area (Å²) in [5.74, 6) is 0.402. The molecule has 0 unspecified atom stereocenters. The summed E-state index contributed by atoms with van der Waals surface area (Å²) >= 11 is 13.2. The van der Waals surface area contributed by atoms with Crippen LogP contribution < -0.4 is 5.32 Å². The lowest BCUT2D eigenvalue weighted by Gasteiger charge is -2.07. The molecule has 7 heteroatoms. The van der Waals surface area contributed by atoms with Gasteiger partial charge in [-0.15, -0.1) is 11.8 Å². The summed E-state index contributed by atoms with van der Waals surface area (Å²) < 4.78 is 0. The van der Waals surface area contributed by atoms with Gasteiger partial charge in [0.25, 0.3) is 0 Å². The van der Waals surface area contributed by atoms with E-state index < -0.39 is 0 Å². The molecule has 0 aliphatic carbocycles. The molecule has 1 aromatic carbocycles. The zero-order chi connectivity index (χ0) is 18.2. The van der Waals surface area contributed by atoms with E-state index in [0.717, 1.165) is 18.5 Å². The minimum absolute atomic E-state index is 0.130. The molecule has 0 bridgehead atoms. The number of nitrogens with one attached hydrogen (secondary N) is 1. The Labute approximate surface area is 161 Å². The Balaban J connectivity index is 1.91. The molecule has 1 aromatic heterocycles. The van der Waals surface area contributed by atoms with Crippen molar-refractivity contribution < 1.29 is 4.79 Å². The first kappa shape index (κ1) is 19.6. The van der Waals surface area contributed by atoms with Gasteiger partial charge in [0, 0.05) is 23.6 Å². The lowest BCUT2D eigenvalue weighted by molar-refractivity contribution is -0.115. The maximum absolute atomic E-state index is 12.0. The van der Waals surface area contributed by atoms with Crippen LogP contribution >= 0.6 is 35.0 Å². The summed E-state index contributed by atoms with van der Waals surface area (Å²) in [5.41, 5.74) is 2.10. The molecule has 4 nitrogen and oxygen atoms in total. The van der Waals surface area contributed by atoms with Gasteiger partial charge in [0.15, 0.2) is 0 Å². The summed E-state index contributed by atoms with van der Waals surface area (Å²) in [4.78, 5) is 16.5. The second kappa shape index (κ2) is 9.67. The smallest absolute Gasteiger partial charge is 0.225 e. The number of hydrogen-bond acceptors (Lipinski definition) is 4. The second-order valence-corrected chi connectivity index (χ2v) is 7.19. The highest BCUT2D eigenvalue weighted by atomic mass is 35.5. The molecule has 2 aromatic rings. The number of carbonyl (C=O) groups is 1. The number of anilines is 1. The molecule has 0 spiro atoms. The highest BCUT2D eigenvalue weighted by molar-refractivity contribution is 7.99. The van der Waals surface area contributed by atoms with Crippen molar-refractivity contribution in [3.8, 4) is 6.07 Å². The molecule has 0 atom stereocenters. The number of thioether (sulfide) groups is 1. The van der Waals surface area contributed by atoms with Crippen LogP contribution in [0.25, 0.3) is 0 Å². The maximum Gasteiger partial charge on any atom is 0.225 e. The van der Waals surface area contributed by atoms with E-state index in [9.17, 15) is 10.1 Å². The van der Waals surface area contributed by atoms with Crippen LogP contribution in [0.5, 0.6) is 0 Å². The lowest BCUT2D eigenvalue weighted by atomic mass is 10.2. The van der Waals surface area contributed by atoms with Gasteiger partial charge in [-0.3, -0.25) is 4.79 Å². The van der Waals surface area contributed by atoms with Gasteiger partial charge in [0.2, 0.25) is 5.91 Å². The van der Waals surface area contributed by atoms with E-state index in [2.05, 4.69) is 23.3 Å². The Hall–Kier alpha value is -1.74. The highest BCUT2D eigenvalue weighted by Crippen LogP contribution is 2.25. The van der Waals surface area contributed by atoms with Gasteiger partial charge >= 0.3 is 0 Å². The number of rotatable bonds is 7. The van der Waals surface area contributed by atoms with E-state index in [1.807, 2.05) is 6.07 Å². The van der Waals surface area contributed by atoms with Crippen LogP contribution in [0.15, 0.2) is 35.4 Å². The number of amides is 1. The fraction of sp³-hybridized carbons (Fsp3) is 0.278. The van der Waals surface area contributed by atoms with E-state index in [1.54, 1.807) is 24.3 Å². The van der Waals surface area contributed by atoms with Gasteiger partial charge in [-0.05, 0) is 36.8 Å². The number of pyridine rings is 1. The van der Waals surface area contributed by atoms with Gasteiger partial charge in [0.05, 0.1) is 15.6 Å². The monoisotopic (exact) mass is 393 g/mol. The van der Waals surface area contributed by atoms with Crippen LogP contribution in [-0.2, 0) is 11.2 Å². The van der Waals surface area contributed by atoms with Crippen molar-refractivity contribution in [1.82, 2.24) is 4.98 Å². The number of hydrogen-bond donors (Lipinski definition) is 1. The predicted molar refractivity (Wildman–Crippen MR) is 103 cm³/mol. The van der Waals surface area contributed by atoms with Crippen LogP contribution in [0.3, 0.4) is 0 Å². The molecule has 0 fully saturated rings. The minimum Gasteiger partial charge on any atom is -0.326 e. The molecule has 1 N–H and O–H groups in total. The molecule has 2 rings (SSSR count). The third-order valence-electron chi connectivity index (χ3n) is 3.32. The summed E-state index contributed by atoms with van der Waals surface area (Å²) in [7, 11) is 0. The van der Waals surface area contributed by atoms with Gasteiger partial charge in [-0.2, -0.15) is 5.26 Å². The average molecular weight is 394 g/mol. The Bertz CT molecular complexity index is 805. The van der Waals surface area contributed by atoms with E-state index in [1.165, 1.54) is 11.8 Å². The van der Waals surface area contributed by atoms with Gasteiger partial charge in [-0.25, -0.2) is 4.98 Å². The van der Waals surface area contributed by atoms with Gasteiger partial charge < -0.3 is 5.32 Å². The van der Waals surface area contributed by atoms with Crippen molar-refractivity contribution in [2.45, 2.75) is 31.2 Å². The first-order valence-corrected chi connectivity index (χ1v) is 9.55. The van der Waals surface area contributed by atoms with E-state index in [4.69, 9.17) is 23.2 Å². The number of aromatic nitrogens is 1. The molecule has 25 heavy (non-hydrogen) atoms. The van der Waals surface area contributed by atoms with Crippen molar-refractivity contribution in [3.63, 3.8) is 0 Å². The molecule has 130 valence electrons. The van der Waals surface area contributed by atoms with Crippen molar-refractivity contribution in [3.05, 3.63) is 51.6 Å². The van der Waals surface area contributed by atoms with Crippen LogP contribution in [0.2, 0.25) is 10.0 Å². The molecule has 1 amide bonds. The third kappa shape index (κ3) is 5.93.